The number of pyridine rings is 1. The molecule has 0 bridgehead atoms. The smallest absolute Gasteiger partial charge is 0.271 e. The minimum absolute atomic E-state index is 0.204. The second kappa shape index (κ2) is 4.54. The summed E-state index contributed by atoms with van der Waals surface area (Å²) in [4.78, 5) is 14.9. The second-order valence-corrected chi connectivity index (χ2v) is 2.39. The Balaban J connectivity index is 2.59. The van der Waals surface area contributed by atoms with Gasteiger partial charge in [-0.25, -0.2) is 0 Å². The Hall–Kier alpha value is -1.46. The molecule has 0 saturated carbocycles. The third kappa shape index (κ3) is 2.81. The van der Waals surface area contributed by atoms with E-state index in [0.717, 1.165) is 0 Å². The molecule has 0 aliphatic carbocycles. The molecule has 0 spiro atoms. The molecule has 1 atom stereocenters. The Morgan fingerprint density at radius 3 is 2.92 bits per heavy atom. The number of nitrogens with zero attached hydrogens (tertiary/aromatic N) is 1. The van der Waals surface area contributed by atoms with Gasteiger partial charge in [0, 0.05) is 6.20 Å². The number of carbonyl (C=O) groups is 1. The zero-order valence-corrected chi connectivity index (χ0v) is 6.84. The third-order valence-corrected chi connectivity index (χ3v) is 1.37. The second-order valence-electron chi connectivity index (χ2n) is 2.39. The van der Waals surface area contributed by atoms with Crippen molar-refractivity contribution in [3.05, 3.63) is 30.1 Å². The van der Waals surface area contributed by atoms with Crippen molar-refractivity contribution in [3.63, 3.8) is 0 Å². The van der Waals surface area contributed by atoms with Crippen molar-refractivity contribution in [3.8, 4) is 0 Å². The molecule has 3 N–H and O–H groups in total. The highest BCUT2D eigenvalue weighted by molar-refractivity contribution is 5.92. The number of rotatable bonds is 3. The predicted octanol–water partition coefficient (Wildman–Crippen LogP) is -0.878. The van der Waals surface area contributed by atoms with Gasteiger partial charge in [0.2, 0.25) is 0 Å². The molecule has 5 heteroatoms. The van der Waals surface area contributed by atoms with E-state index in [2.05, 4.69) is 10.3 Å². The molecule has 1 rings (SSSR count). The highest BCUT2D eigenvalue weighted by atomic mass is 16.3. The third-order valence-electron chi connectivity index (χ3n) is 1.37. The van der Waals surface area contributed by atoms with Gasteiger partial charge in [-0.05, 0) is 12.1 Å². The van der Waals surface area contributed by atoms with Crippen LogP contribution in [0.5, 0.6) is 0 Å². The summed E-state index contributed by atoms with van der Waals surface area (Å²) in [6.45, 7) is -0.515. The van der Waals surface area contributed by atoms with Crippen molar-refractivity contribution < 1.29 is 15.0 Å². The molecule has 1 aromatic heterocycles. The number of hydrogen-bond donors (Lipinski definition) is 3. The molecule has 70 valence electrons. The maximum atomic E-state index is 11.2. The number of aliphatic hydroxyl groups is 2. The molecule has 5 nitrogen and oxygen atoms in total. The molecule has 1 unspecified atom stereocenters. The number of nitrogens with one attached hydrogen (secondary N) is 1. The number of hydrogen-bond acceptors (Lipinski definition) is 4. The SMILES string of the molecule is O=C(NC(O)CO)c1ccccn1. The van der Waals surface area contributed by atoms with E-state index >= 15 is 0 Å². The topological polar surface area (TPSA) is 82.5 Å². The van der Waals surface area contributed by atoms with E-state index in [1.807, 2.05) is 0 Å². The Morgan fingerprint density at radius 1 is 1.62 bits per heavy atom. The van der Waals surface area contributed by atoms with Crippen molar-refractivity contribution in [2.45, 2.75) is 6.23 Å². The van der Waals surface area contributed by atoms with Crippen LogP contribution in [0.1, 0.15) is 10.5 Å². The van der Waals surface area contributed by atoms with Crippen LogP contribution in [0.15, 0.2) is 24.4 Å². The Bertz CT molecular complexity index is 276. The molecule has 0 aliphatic rings. The van der Waals surface area contributed by atoms with E-state index in [9.17, 15) is 4.79 Å². The molecule has 0 aromatic carbocycles. The minimum atomic E-state index is -1.24. The number of amides is 1. The molecule has 1 aromatic rings. The molecular formula is C8H10N2O3. The Kier molecular flexibility index (Phi) is 3.36. The average Bonchev–Trinajstić information content (AvgIpc) is 2.19. The lowest BCUT2D eigenvalue weighted by molar-refractivity contribution is 0.0545. The van der Waals surface area contributed by atoms with Crippen molar-refractivity contribution in [2.24, 2.45) is 0 Å². The summed E-state index contributed by atoms with van der Waals surface area (Å²) in [5, 5.41) is 19.5. The molecule has 1 heterocycles. The first-order valence-electron chi connectivity index (χ1n) is 3.75. The van der Waals surface area contributed by atoms with E-state index in [0.29, 0.717) is 0 Å². The van der Waals surface area contributed by atoms with Crippen LogP contribution >= 0.6 is 0 Å². The van der Waals surface area contributed by atoms with Crippen LogP contribution < -0.4 is 5.32 Å². The maximum Gasteiger partial charge on any atom is 0.271 e. The van der Waals surface area contributed by atoms with Crippen LogP contribution in [0, 0.1) is 0 Å². The van der Waals surface area contributed by atoms with Gasteiger partial charge in [0.1, 0.15) is 11.9 Å². The normalized spacial score (nSPS) is 12.2. The minimum Gasteiger partial charge on any atom is -0.392 e. The van der Waals surface area contributed by atoms with E-state index in [-0.39, 0.29) is 5.69 Å². The van der Waals surface area contributed by atoms with E-state index in [1.54, 1.807) is 12.1 Å². The number of carbonyl (C=O) groups excluding carboxylic acids is 1. The van der Waals surface area contributed by atoms with Gasteiger partial charge < -0.3 is 15.5 Å². The first kappa shape index (κ1) is 9.63. The quantitative estimate of drug-likeness (QED) is 0.530. The lowest BCUT2D eigenvalue weighted by Gasteiger charge is -2.08. The maximum absolute atomic E-state index is 11.2. The van der Waals surface area contributed by atoms with Crippen molar-refractivity contribution >= 4 is 5.91 Å². The van der Waals surface area contributed by atoms with Crippen molar-refractivity contribution in [1.29, 1.82) is 0 Å². The van der Waals surface area contributed by atoms with E-state index in [4.69, 9.17) is 10.2 Å². The highest BCUT2D eigenvalue weighted by Gasteiger charge is 2.09. The summed E-state index contributed by atoms with van der Waals surface area (Å²) in [7, 11) is 0. The lowest BCUT2D eigenvalue weighted by atomic mass is 10.3. The zero-order chi connectivity index (χ0) is 9.68. The van der Waals surface area contributed by atoms with Gasteiger partial charge in [-0.3, -0.25) is 9.78 Å². The Morgan fingerprint density at radius 2 is 2.38 bits per heavy atom. The molecular weight excluding hydrogens is 172 g/mol. The standard InChI is InChI=1S/C8H10N2O3/c11-5-7(12)10-8(13)6-3-1-2-4-9-6/h1-4,7,11-12H,5H2,(H,10,13). The molecule has 0 fully saturated rings. The number of aliphatic hydroxyl groups excluding tert-OH is 2. The van der Waals surface area contributed by atoms with Gasteiger partial charge in [-0.2, -0.15) is 0 Å². The van der Waals surface area contributed by atoms with Gasteiger partial charge in [0.25, 0.3) is 5.91 Å². The monoisotopic (exact) mass is 182 g/mol. The van der Waals surface area contributed by atoms with Crippen LogP contribution in [-0.2, 0) is 0 Å². The summed E-state index contributed by atoms with van der Waals surface area (Å²) in [6.07, 6.45) is 0.231. The van der Waals surface area contributed by atoms with Crippen molar-refractivity contribution in [1.82, 2.24) is 10.3 Å². The van der Waals surface area contributed by atoms with Crippen LogP contribution in [0.25, 0.3) is 0 Å². The van der Waals surface area contributed by atoms with Gasteiger partial charge in [0.15, 0.2) is 0 Å². The van der Waals surface area contributed by atoms with Crippen LogP contribution in [0.3, 0.4) is 0 Å². The van der Waals surface area contributed by atoms with Crippen molar-refractivity contribution in [2.75, 3.05) is 6.61 Å². The van der Waals surface area contributed by atoms with Crippen LogP contribution in [-0.4, -0.2) is 33.9 Å². The lowest BCUT2D eigenvalue weighted by Crippen LogP contribution is -2.37. The first-order chi connectivity index (χ1) is 6.24. The zero-order valence-electron chi connectivity index (χ0n) is 6.84. The summed E-state index contributed by atoms with van der Waals surface area (Å²) >= 11 is 0. The van der Waals surface area contributed by atoms with Gasteiger partial charge in [0.05, 0.1) is 6.61 Å². The van der Waals surface area contributed by atoms with E-state index < -0.39 is 18.7 Å². The average molecular weight is 182 g/mol. The molecule has 13 heavy (non-hydrogen) atoms. The summed E-state index contributed by atoms with van der Waals surface area (Å²) in [5.74, 6) is -0.512. The Labute approximate surface area is 75.0 Å². The molecule has 0 radical (unpaired) electrons. The van der Waals surface area contributed by atoms with Crippen LogP contribution in [0.2, 0.25) is 0 Å². The van der Waals surface area contributed by atoms with E-state index in [1.165, 1.54) is 12.3 Å². The first-order valence-corrected chi connectivity index (χ1v) is 3.75. The summed E-state index contributed by atoms with van der Waals surface area (Å²) in [6, 6.07) is 4.85. The summed E-state index contributed by atoms with van der Waals surface area (Å²) < 4.78 is 0. The summed E-state index contributed by atoms with van der Waals surface area (Å²) in [5.41, 5.74) is 0.204. The number of aromatic nitrogens is 1. The molecule has 1 amide bonds. The fourth-order valence-electron chi connectivity index (χ4n) is 0.768. The molecule has 0 aliphatic heterocycles. The largest absolute Gasteiger partial charge is 0.392 e. The van der Waals surface area contributed by atoms with Crippen LogP contribution in [0.4, 0.5) is 0 Å². The van der Waals surface area contributed by atoms with Gasteiger partial charge >= 0.3 is 0 Å². The van der Waals surface area contributed by atoms with Gasteiger partial charge in [-0.1, -0.05) is 6.07 Å². The fourth-order valence-corrected chi connectivity index (χ4v) is 0.768. The van der Waals surface area contributed by atoms with Gasteiger partial charge in [-0.15, -0.1) is 0 Å². The fraction of sp³-hybridized carbons (Fsp3) is 0.250. The highest BCUT2D eigenvalue weighted by Crippen LogP contribution is 1.92. The predicted molar refractivity (Wildman–Crippen MR) is 44.8 cm³/mol. The molecule has 0 saturated heterocycles.